The minimum absolute atomic E-state index is 0.346. The summed E-state index contributed by atoms with van der Waals surface area (Å²) >= 11 is 11.9. The van der Waals surface area contributed by atoms with Gasteiger partial charge in [0.2, 0.25) is 0 Å². The second-order valence-corrected chi connectivity index (χ2v) is 11.5. The highest BCUT2D eigenvalue weighted by Gasteiger charge is 2.65. The molecule has 3 nitrogen and oxygen atoms in total. The molecule has 0 saturated heterocycles. The lowest BCUT2D eigenvalue weighted by Gasteiger charge is -2.60. The van der Waals surface area contributed by atoms with Crippen LogP contribution in [0.2, 0.25) is 0 Å². The van der Waals surface area contributed by atoms with Crippen molar-refractivity contribution >= 4 is 34.3 Å². The zero-order valence-corrected chi connectivity index (χ0v) is 11.8. The number of rotatable bonds is 2. The molecule has 2 atom stereocenters. The van der Waals surface area contributed by atoms with Crippen LogP contribution < -0.4 is 0 Å². The maximum Gasteiger partial charge on any atom is 0.309 e. The van der Waals surface area contributed by atoms with E-state index >= 15 is 0 Å². The van der Waals surface area contributed by atoms with E-state index in [2.05, 4.69) is 0 Å². The van der Waals surface area contributed by atoms with Crippen molar-refractivity contribution in [3.05, 3.63) is 0 Å². The van der Waals surface area contributed by atoms with Crippen molar-refractivity contribution in [2.45, 2.75) is 43.7 Å². The molecule has 4 fully saturated rings. The summed E-state index contributed by atoms with van der Waals surface area (Å²) in [5.41, 5.74) is -0.705. The Bertz CT molecular complexity index is 416. The summed E-state index contributed by atoms with van der Waals surface area (Å²) in [6, 6.07) is 0. The topological polar surface area (TPSA) is 54.4 Å². The van der Waals surface area contributed by atoms with Crippen LogP contribution >= 0.6 is 28.3 Å². The Kier molecular flexibility index (Phi) is 2.49. The molecule has 0 aromatic heterocycles. The molecule has 0 aromatic carbocycles. The van der Waals surface area contributed by atoms with E-state index in [1.54, 1.807) is 0 Å². The third-order valence-electron chi connectivity index (χ3n) is 5.04. The highest BCUT2D eigenvalue weighted by atomic mass is 35.9. The number of hydrogen-bond donors (Lipinski definition) is 1. The van der Waals surface area contributed by atoms with Gasteiger partial charge in [-0.1, -0.05) is 0 Å². The van der Waals surface area contributed by atoms with Gasteiger partial charge in [-0.05, 0) is 72.8 Å². The van der Waals surface area contributed by atoms with Gasteiger partial charge in [0.1, 0.15) is 0 Å². The average molecular weight is 297 g/mol. The van der Waals surface area contributed by atoms with E-state index in [-0.39, 0.29) is 0 Å². The fraction of sp³-hybridized carbons (Fsp3) is 0.909. The van der Waals surface area contributed by atoms with E-state index in [1.807, 2.05) is 0 Å². The average Bonchev–Trinajstić information content (AvgIpc) is 2.13. The quantitative estimate of drug-likeness (QED) is 0.781. The zero-order valence-electron chi connectivity index (χ0n) is 9.36. The van der Waals surface area contributed by atoms with Crippen LogP contribution in [0.1, 0.15) is 38.5 Å². The first-order valence-corrected chi connectivity index (χ1v) is 9.51. The van der Waals surface area contributed by atoms with Crippen molar-refractivity contribution in [1.29, 1.82) is 0 Å². The molecule has 0 heterocycles. The maximum absolute atomic E-state index is 12.2. The molecule has 96 valence electrons. The van der Waals surface area contributed by atoms with E-state index < -0.39 is 22.4 Å². The fourth-order valence-electron chi connectivity index (χ4n) is 4.77. The van der Waals surface area contributed by atoms with Gasteiger partial charge in [-0.25, -0.2) is 0 Å². The van der Waals surface area contributed by atoms with Crippen LogP contribution in [-0.2, 0) is 9.36 Å². The summed E-state index contributed by atoms with van der Waals surface area (Å²) in [7, 11) is 0. The SMILES string of the molecule is O=C(O)C12CC3CC(C1)CC(P(=O)(Cl)Cl)(C3)C2. The number of carbonyl (C=O) groups is 1. The summed E-state index contributed by atoms with van der Waals surface area (Å²) in [6.45, 7) is 0. The molecule has 4 aliphatic carbocycles. The number of aliphatic carboxylic acids is 1. The largest absolute Gasteiger partial charge is 0.481 e. The third-order valence-corrected chi connectivity index (χ3v) is 8.82. The van der Waals surface area contributed by atoms with E-state index in [0.717, 1.165) is 19.3 Å². The molecule has 0 aromatic rings. The van der Waals surface area contributed by atoms with Crippen LogP contribution in [-0.4, -0.2) is 16.2 Å². The van der Waals surface area contributed by atoms with Crippen LogP contribution in [0.4, 0.5) is 0 Å². The Morgan fingerprint density at radius 1 is 1.18 bits per heavy atom. The van der Waals surface area contributed by atoms with Gasteiger partial charge in [0.15, 0.2) is 0 Å². The van der Waals surface area contributed by atoms with Crippen LogP contribution in [0.5, 0.6) is 0 Å². The van der Waals surface area contributed by atoms with Gasteiger partial charge >= 0.3 is 5.97 Å². The number of hydrogen-bond acceptors (Lipinski definition) is 2. The van der Waals surface area contributed by atoms with Gasteiger partial charge in [0.25, 0.3) is 5.85 Å². The number of carboxylic acids is 1. The molecule has 0 aliphatic heterocycles. The van der Waals surface area contributed by atoms with Crippen molar-refractivity contribution in [3.8, 4) is 0 Å². The Morgan fingerprint density at radius 3 is 2.12 bits per heavy atom. The van der Waals surface area contributed by atoms with Crippen LogP contribution in [0.3, 0.4) is 0 Å². The molecule has 0 radical (unpaired) electrons. The molecule has 1 N–H and O–H groups in total. The molecule has 4 bridgehead atoms. The highest BCUT2D eigenvalue weighted by Crippen LogP contribution is 2.79. The molecule has 4 rings (SSSR count). The van der Waals surface area contributed by atoms with Gasteiger partial charge in [-0.15, -0.1) is 0 Å². The standard InChI is InChI=1S/C11H15Cl2O3P/c12-17(13,16)11-4-7-1-8(5-11)3-10(2-7,6-11)9(14)15/h7-8H,1-6H2,(H,14,15). The maximum atomic E-state index is 12.2. The van der Waals surface area contributed by atoms with Crippen molar-refractivity contribution in [1.82, 2.24) is 0 Å². The van der Waals surface area contributed by atoms with Crippen molar-refractivity contribution in [3.63, 3.8) is 0 Å². The molecule has 6 heteroatoms. The monoisotopic (exact) mass is 296 g/mol. The van der Waals surface area contributed by atoms with Gasteiger partial charge in [-0.2, -0.15) is 0 Å². The summed E-state index contributed by atoms with van der Waals surface area (Å²) in [5, 5.41) is 8.87. The first-order chi connectivity index (χ1) is 7.76. The van der Waals surface area contributed by atoms with Crippen LogP contribution in [0.15, 0.2) is 0 Å². The molecule has 4 aliphatic rings. The Balaban J connectivity index is 2.06. The molecular formula is C11H15Cl2O3P. The zero-order chi connectivity index (χ0) is 12.5. The third kappa shape index (κ3) is 1.62. The Hall–Kier alpha value is 0.280. The predicted molar refractivity (Wildman–Crippen MR) is 66.8 cm³/mol. The van der Waals surface area contributed by atoms with Crippen LogP contribution in [0, 0.1) is 17.3 Å². The second-order valence-electron chi connectivity index (χ2n) is 6.23. The molecule has 0 spiro atoms. The van der Waals surface area contributed by atoms with E-state index in [4.69, 9.17) is 22.5 Å². The van der Waals surface area contributed by atoms with Gasteiger partial charge in [-0.3, -0.25) is 9.36 Å². The van der Waals surface area contributed by atoms with Gasteiger partial charge in [0.05, 0.1) is 10.6 Å². The smallest absolute Gasteiger partial charge is 0.309 e. The number of carboxylic acid groups (broad SMARTS) is 1. The minimum atomic E-state index is -3.27. The van der Waals surface area contributed by atoms with Crippen molar-refractivity contribution in [2.75, 3.05) is 0 Å². The molecule has 17 heavy (non-hydrogen) atoms. The van der Waals surface area contributed by atoms with E-state index in [1.165, 1.54) is 0 Å². The summed E-state index contributed by atoms with van der Waals surface area (Å²) in [4.78, 5) is 11.5. The summed E-state index contributed by atoms with van der Waals surface area (Å²) < 4.78 is 12.2. The fourth-order valence-corrected chi connectivity index (χ4v) is 7.38. The Morgan fingerprint density at radius 2 is 1.71 bits per heavy atom. The van der Waals surface area contributed by atoms with Crippen molar-refractivity contribution in [2.24, 2.45) is 17.3 Å². The molecular weight excluding hydrogens is 282 g/mol. The van der Waals surface area contributed by atoms with Crippen molar-refractivity contribution < 1.29 is 14.5 Å². The molecule has 4 saturated carbocycles. The highest BCUT2D eigenvalue weighted by molar-refractivity contribution is 8.09. The summed E-state index contributed by atoms with van der Waals surface area (Å²) in [5.74, 6) is -3.33. The normalized spacial score (nSPS) is 48.4. The predicted octanol–water partition coefficient (Wildman–Crippen LogP) is 4.08. The summed E-state index contributed by atoms with van der Waals surface area (Å²) in [6.07, 6.45) is 4.41. The minimum Gasteiger partial charge on any atom is -0.481 e. The number of halogens is 2. The Labute approximate surface area is 110 Å². The first kappa shape index (κ1) is 12.3. The molecule has 0 amide bonds. The van der Waals surface area contributed by atoms with E-state index in [0.29, 0.717) is 31.1 Å². The molecule has 2 unspecified atom stereocenters. The van der Waals surface area contributed by atoms with Crippen LogP contribution in [0.25, 0.3) is 0 Å². The lowest BCUT2D eigenvalue weighted by Crippen LogP contribution is -2.57. The van der Waals surface area contributed by atoms with Gasteiger partial charge in [0, 0.05) is 0 Å². The lowest BCUT2D eigenvalue weighted by atomic mass is 9.49. The van der Waals surface area contributed by atoms with E-state index in [9.17, 15) is 14.5 Å². The second kappa shape index (κ2) is 3.43. The van der Waals surface area contributed by atoms with Gasteiger partial charge < -0.3 is 5.11 Å². The first-order valence-electron chi connectivity index (χ1n) is 5.99. The lowest BCUT2D eigenvalue weighted by molar-refractivity contribution is -0.162.